The second-order valence-corrected chi connectivity index (χ2v) is 8.55. The van der Waals surface area contributed by atoms with Gasteiger partial charge in [-0.15, -0.1) is 0 Å². The van der Waals surface area contributed by atoms with Crippen molar-refractivity contribution in [3.63, 3.8) is 0 Å². The number of carbonyl (C=O) groups is 1. The van der Waals surface area contributed by atoms with E-state index >= 15 is 0 Å². The molecule has 3 atom stereocenters. The molecule has 5 rings (SSSR count). The van der Waals surface area contributed by atoms with Crippen molar-refractivity contribution in [3.8, 4) is 17.0 Å². The van der Waals surface area contributed by atoms with Crippen LogP contribution in [0.4, 0.5) is 10.2 Å². The number of anilines is 1. The van der Waals surface area contributed by atoms with Crippen LogP contribution in [0.2, 0.25) is 0 Å². The second kappa shape index (κ2) is 8.56. The van der Waals surface area contributed by atoms with Crippen molar-refractivity contribution in [1.82, 2.24) is 9.78 Å². The molecule has 0 radical (unpaired) electrons. The summed E-state index contributed by atoms with van der Waals surface area (Å²) < 4.78 is 14.7. The number of aromatic hydroxyl groups is 1. The van der Waals surface area contributed by atoms with Gasteiger partial charge in [-0.05, 0) is 42.3 Å². The Morgan fingerprint density at radius 2 is 1.71 bits per heavy atom. The molecule has 0 aliphatic carbocycles. The number of rotatable bonds is 5. The van der Waals surface area contributed by atoms with E-state index in [-0.39, 0.29) is 5.75 Å². The van der Waals surface area contributed by atoms with E-state index in [9.17, 15) is 24.5 Å². The van der Waals surface area contributed by atoms with E-state index in [0.717, 1.165) is 4.68 Å². The quantitative estimate of drug-likeness (QED) is 0.337. The van der Waals surface area contributed by atoms with Crippen LogP contribution in [-0.2, 0) is 16.9 Å². The molecule has 0 bridgehead atoms. The molecular weight excluding hydrogens is 449 g/mol. The van der Waals surface area contributed by atoms with Gasteiger partial charge < -0.3 is 20.6 Å². The summed E-state index contributed by atoms with van der Waals surface area (Å²) in [6.45, 7) is 1.89. The molecule has 0 saturated heterocycles. The maximum atomic E-state index is 13.6. The molecule has 1 aliphatic heterocycles. The van der Waals surface area contributed by atoms with Crippen LogP contribution in [0, 0.1) is 5.82 Å². The minimum Gasteiger partial charge on any atom is -0.508 e. The predicted molar refractivity (Wildman–Crippen MR) is 128 cm³/mol. The van der Waals surface area contributed by atoms with Gasteiger partial charge in [-0.3, -0.25) is 0 Å². The number of hydrogen-bond acceptors (Lipinski definition) is 5. The van der Waals surface area contributed by atoms with E-state index in [0.29, 0.717) is 40.2 Å². The molecular formula is C27H24FN3O4. The maximum absolute atomic E-state index is 13.6. The zero-order chi connectivity index (χ0) is 24.7. The highest BCUT2D eigenvalue weighted by Crippen LogP contribution is 2.52. The van der Waals surface area contributed by atoms with Crippen molar-refractivity contribution >= 4 is 11.8 Å². The predicted octanol–water partition coefficient (Wildman–Crippen LogP) is 4.64. The molecule has 0 amide bonds. The highest BCUT2D eigenvalue weighted by atomic mass is 19.1. The molecule has 178 valence electrons. The second-order valence-electron chi connectivity index (χ2n) is 8.55. The Morgan fingerprint density at radius 1 is 1.06 bits per heavy atom. The summed E-state index contributed by atoms with van der Waals surface area (Å²) in [6, 6.07) is 20.4. The lowest BCUT2D eigenvalue weighted by Gasteiger charge is -2.44. The van der Waals surface area contributed by atoms with Crippen molar-refractivity contribution in [2.45, 2.75) is 31.0 Å². The molecule has 8 heteroatoms. The maximum Gasteiger partial charge on any atom is 0.360 e. The topological polar surface area (TPSA) is 108 Å². The van der Waals surface area contributed by atoms with Crippen molar-refractivity contribution in [1.29, 1.82) is 0 Å². The molecule has 0 fully saturated rings. The number of hydrogen-bond donors (Lipinski definition) is 4. The molecule has 0 saturated carbocycles. The standard InChI is InChI=1S/C27H24FN3O4/c1-2-19-23(17-12-14-18(28)15-13-17)30-31-25(19)29-24(20-10-6-7-11-21(20)32)22(27(31,35)26(33)34)16-8-4-3-5-9-16/h3-15,22,24,29,32,35H,2H2,1H3,(H,33,34)/t22-,24+,27-/m0/s1. The van der Waals surface area contributed by atoms with Crippen LogP contribution in [0.1, 0.15) is 35.6 Å². The largest absolute Gasteiger partial charge is 0.508 e. The number of phenols is 1. The molecule has 1 aromatic heterocycles. The smallest absolute Gasteiger partial charge is 0.360 e. The molecule has 35 heavy (non-hydrogen) atoms. The number of aromatic nitrogens is 2. The van der Waals surface area contributed by atoms with Crippen LogP contribution in [0.25, 0.3) is 11.3 Å². The first-order valence-corrected chi connectivity index (χ1v) is 11.3. The lowest BCUT2D eigenvalue weighted by Crippen LogP contribution is -2.54. The Bertz CT molecular complexity index is 1390. The SMILES string of the molecule is CCc1c(-c2ccc(F)cc2)nn2c1N[C@H](c1ccccc1O)[C@H](c1ccccc1)[C@]2(O)C(=O)O. The van der Waals surface area contributed by atoms with Gasteiger partial charge in [0, 0.05) is 16.7 Å². The average Bonchev–Trinajstić information content (AvgIpc) is 3.24. The number of nitrogens with zero attached hydrogens (tertiary/aromatic N) is 2. The first kappa shape index (κ1) is 22.6. The summed E-state index contributed by atoms with van der Waals surface area (Å²) >= 11 is 0. The number of phenolic OH excluding ortho intramolecular Hbond substituents is 1. The van der Waals surface area contributed by atoms with Gasteiger partial charge in [0.1, 0.15) is 17.4 Å². The molecule has 0 spiro atoms. The lowest BCUT2D eigenvalue weighted by molar-refractivity contribution is -0.179. The fourth-order valence-corrected chi connectivity index (χ4v) is 4.93. The highest BCUT2D eigenvalue weighted by Gasteiger charge is 2.56. The number of aliphatic carboxylic acids is 1. The van der Waals surface area contributed by atoms with Crippen LogP contribution in [-0.4, -0.2) is 31.1 Å². The Morgan fingerprint density at radius 3 is 2.34 bits per heavy atom. The number of nitrogens with one attached hydrogen (secondary N) is 1. The molecule has 7 nitrogen and oxygen atoms in total. The third kappa shape index (κ3) is 3.54. The number of halogens is 1. The fraction of sp³-hybridized carbons (Fsp3) is 0.185. The van der Waals surface area contributed by atoms with Crippen molar-refractivity contribution in [3.05, 3.63) is 101 Å². The first-order chi connectivity index (χ1) is 16.9. The molecule has 2 heterocycles. The van der Waals surface area contributed by atoms with Gasteiger partial charge in [-0.25, -0.2) is 13.9 Å². The molecule has 4 N–H and O–H groups in total. The van der Waals surface area contributed by atoms with Crippen LogP contribution in [0.3, 0.4) is 0 Å². The Hall–Kier alpha value is -4.17. The minimum atomic E-state index is -2.49. The Kier molecular flexibility index (Phi) is 5.53. The number of para-hydroxylation sites is 1. The number of fused-ring (bicyclic) bond motifs is 1. The van der Waals surface area contributed by atoms with Crippen molar-refractivity contribution in [2.24, 2.45) is 0 Å². The van der Waals surface area contributed by atoms with E-state index in [1.54, 1.807) is 60.7 Å². The lowest BCUT2D eigenvalue weighted by atomic mass is 9.77. The van der Waals surface area contributed by atoms with E-state index in [1.165, 1.54) is 18.2 Å². The summed E-state index contributed by atoms with van der Waals surface area (Å²) in [5.74, 6) is -2.63. The summed E-state index contributed by atoms with van der Waals surface area (Å²) in [4.78, 5) is 12.8. The van der Waals surface area contributed by atoms with Crippen LogP contribution < -0.4 is 5.32 Å². The van der Waals surface area contributed by atoms with Gasteiger partial charge in [0.2, 0.25) is 0 Å². The first-order valence-electron chi connectivity index (χ1n) is 11.3. The van der Waals surface area contributed by atoms with Gasteiger partial charge in [-0.1, -0.05) is 55.5 Å². The Labute approximate surface area is 201 Å². The average molecular weight is 474 g/mol. The van der Waals surface area contributed by atoms with Crippen LogP contribution in [0.5, 0.6) is 5.75 Å². The van der Waals surface area contributed by atoms with Gasteiger partial charge in [0.25, 0.3) is 5.72 Å². The van der Waals surface area contributed by atoms with Crippen LogP contribution >= 0.6 is 0 Å². The van der Waals surface area contributed by atoms with Crippen molar-refractivity contribution in [2.75, 3.05) is 5.32 Å². The molecule has 1 aliphatic rings. The number of aliphatic hydroxyl groups is 1. The molecule has 4 aromatic rings. The van der Waals surface area contributed by atoms with E-state index in [1.807, 2.05) is 6.92 Å². The summed E-state index contributed by atoms with van der Waals surface area (Å²) in [6.07, 6.45) is 0.467. The van der Waals surface area contributed by atoms with Crippen molar-refractivity contribution < 1.29 is 24.5 Å². The Balaban J connectivity index is 1.81. The summed E-state index contributed by atoms with van der Waals surface area (Å²) in [5, 5.41) is 41.0. The van der Waals surface area contributed by atoms with Gasteiger partial charge in [-0.2, -0.15) is 5.10 Å². The normalized spacial score (nSPS) is 21.2. The van der Waals surface area contributed by atoms with E-state index in [2.05, 4.69) is 10.4 Å². The number of carboxylic acids is 1. The van der Waals surface area contributed by atoms with E-state index in [4.69, 9.17) is 0 Å². The van der Waals surface area contributed by atoms with Gasteiger partial charge in [0.15, 0.2) is 0 Å². The van der Waals surface area contributed by atoms with Gasteiger partial charge >= 0.3 is 5.97 Å². The number of carboxylic acid groups (broad SMARTS) is 1. The van der Waals surface area contributed by atoms with E-state index < -0.39 is 29.5 Å². The highest BCUT2D eigenvalue weighted by molar-refractivity contribution is 5.81. The zero-order valence-electron chi connectivity index (χ0n) is 18.9. The number of benzene rings is 3. The fourth-order valence-electron chi connectivity index (χ4n) is 4.93. The minimum absolute atomic E-state index is 0.0246. The van der Waals surface area contributed by atoms with Crippen LogP contribution in [0.15, 0.2) is 78.9 Å². The summed E-state index contributed by atoms with van der Waals surface area (Å²) in [5.41, 5.74) is 0.217. The molecule has 3 aromatic carbocycles. The third-order valence-electron chi connectivity index (χ3n) is 6.58. The molecule has 0 unspecified atom stereocenters. The monoisotopic (exact) mass is 473 g/mol. The van der Waals surface area contributed by atoms with Gasteiger partial charge in [0.05, 0.1) is 17.7 Å². The third-order valence-corrected chi connectivity index (χ3v) is 6.58. The zero-order valence-corrected chi connectivity index (χ0v) is 18.9. The summed E-state index contributed by atoms with van der Waals surface area (Å²) in [7, 11) is 0.